The number of nitrogens with zero attached hydrogens (tertiary/aromatic N) is 12. The van der Waals surface area contributed by atoms with Gasteiger partial charge in [-0.05, 0) is 195 Å². The van der Waals surface area contributed by atoms with Crippen LogP contribution in [0.3, 0.4) is 0 Å². The van der Waals surface area contributed by atoms with Crippen LogP contribution in [0.2, 0.25) is 0 Å². The van der Waals surface area contributed by atoms with E-state index in [9.17, 15) is 0 Å². The van der Waals surface area contributed by atoms with Crippen molar-refractivity contribution < 1.29 is 4.42 Å². The highest BCUT2D eigenvalue weighted by molar-refractivity contribution is 6.20. The summed E-state index contributed by atoms with van der Waals surface area (Å²) in [6.45, 7) is 0. The SMILES string of the molecule is c1ccc(-c2nc(-c3ccc4ccccc4c3)nc(-c3ccc(-n4c5ccccc5c5cc6ccccc6cc54)c4ccccc34)n2)cc1.c1ccc(-c2nc(-c3ccccc3)nc(-c3ccccc3-c3ccc4ccc5ccc6nc(-c7ccccc7)oc6c5c4c3)n2)cc1.c1ccc2cc(-c3nc(-c4ccc5ccccc5c4)nc(-c4ccc(-n5c6ccccc6c6cc7ccccc7cc65)c5ccccc45)n3)ccc2c1. The minimum atomic E-state index is 0.616. The molecule has 30 aromatic rings. The van der Waals surface area contributed by atoms with Crippen LogP contribution in [0.4, 0.5) is 0 Å². The van der Waals surface area contributed by atoms with Gasteiger partial charge in [-0.3, -0.25) is 0 Å². The first-order valence-corrected chi connectivity index (χ1v) is 50.0. The second kappa shape index (κ2) is 36.6. The highest BCUT2D eigenvalue weighted by Gasteiger charge is 2.26. The Labute approximate surface area is 855 Å². The normalized spacial score (nSPS) is 11.6. The number of fused-ring (bicyclic) bond motifs is 18. The van der Waals surface area contributed by atoms with Gasteiger partial charge in [-0.1, -0.05) is 406 Å². The average molecular weight is 1900 g/mol. The molecule has 6 heterocycles. The van der Waals surface area contributed by atoms with E-state index in [2.05, 4.69) is 397 Å². The molecule has 0 bridgehead atoms. The van der Waals surface area contributed by atoms with Crippen molar-refractivity contribution in [2.75, 3.05) is 0 Å². The van der Waals surface area contributed by atoms with E-state index in [1.54, 1.807) is 0 Å². The molecule has 13 nitrogen and oxygen atoms in total. The van der Waals surface area contributed by atoms with E-state index >= 15 is 0 Å². The summed E-state index contributed by atoms with van der Waals surface area (Å²) in [5.41, 5.74) is 20.2. The molecular weight excluding hydrogens is 1820 g/mol. The lowest BCUT2D eigenvalue weighted by molar-refractivity contribution is 0.623. The van der Waals surface area contributed by atoms with Crippen LogP contribution in [0, 0.1) is 0 Å². The molecule has 0 atom stereocenters. The lowest BCUT2D eigenvalue weighted by Crippen LogP contribution is -2.02. The quantitative estimate of drug-likeness (QED) is 0.101. The second-order valence-electron chi connectivity index (χ2n) is 37.6. The summed E-state index contributed by atoms with van der Waals surface area (Å²) >= 11 is 0. The number of benzene rings is 24. The summed E-state index contributed by atoms with van der Waals surface area (Å²) < 4.78 is 11.3. The first-order chi connectivity index (χ1) is 73.8. The van der Waals surface area contributed by atoms with Crippen LogP contribution in [-0.2, 0) is 0 Å². The van der Waals surface area contributed by atoms with Crippen molar-refractivity contribution in [3.05, 3.63) is 510 Å². The van der Waals surface area contributed by atoms with Crippen LogP contribution in [-0.4, -0.2) is 59.0 Å². The zero-order valence-electron chi connectivity index (χ0n) is 80.3. The van der Waals surface area contributed by atoms with Crippen molar-refractivity contribution in [3.8, 4) is 136 Å². The van der Waals surface area contributed by atoms with Gasteiger partial charge in [0.05, 0.1) is 33.4 Å². The third-order valence-corrected chi connectivity index (χ3v) is 28.7. The summed E-state index contributed by atoms with van der Waals surface area (Å²) in [5, 5.41) is 25.7. The number of para-hydroxylation sites is 2. The monoisotopic (exact) mass is 1900 g/mol. The lowest BCUT2D eigenvalue weighted by atomic mass is 9.94. The lowest BCUT2D eigenvalue weighted by Gasteiger charge is -2.15. The van der Waals surface area contributed by atoms with Crippen LogP contribution in [0.1, 0.15) is 0 Å². The maximum atomic E-state index is 6.49. The molecule has 13 heteroatoms. The summed E-state index contributed by atoms with van der Waals surface area (Å²) in [5.74, 6) is 6.38. The topological polar surface area (TPSA) is 152 Å². The molecule has 0 aliphatic rings. The van der Waals surface area contributed by atoms with Gasteiger partial charge in [-0.15, -0.1) is 0 Å². The Balaban J connectivity index is 0.000000108. The highest BCUT2D eigenvalue weighted by Crippen LogP contribution is 2.46. The Morgan fingerprint density at radius 2 is 0.450 bits per heavy atom. The van der Waals surface area contributed by atoms with E-state index in [4.69, 9.17) is 54.3 Å². The largest absolute Gasteiger partial charge is 0.435 e. The molecule has 0 saturated carbocycles. The molecular formula is C136H84N12O. The zero-order chi connectivity index (χ0) is 98.4. The maximum absolute atomic E-state index is 6.49. The summed E-state index contributed by atoms with van der Waals surface area (Å²) in [4.78, 5) is 50.6. The van der Waals surface area contributed by atoms with Crippen molar-refractivity contribution >= 4 is 152 Å². The second-order valence-corrected chi connectivity index (χ2v) is 37.6. The molecule has 0 fully saturated rings. The van der Waals surface area contributed by atoms with Gasteiger partial charge in [0.25, 0.3) is 0 Å². The van der Waals surface area contributed by atoms with Crippen molar-refractivity contribution in [3.63, 3.8) is 0 Å². The molecule has 149 heavy (non-hydrogen) atoms. The Bertz CT molecular complexity index is 10400. The highest BCUT2D eigenvalue weighted by atomic mass is 16.3. The fourth-order valence-corrected chi connectivity index (χ4v) is 21.5. The van der Waals surface area contributed by atoms with Crippen molar-refractivity contribution in [1.29, 1.82) is 0 Å². The Hall–Kier alpha value is -20.3. The third-order valence-electron chi connectivity index (χ3n) is 28.7. The van der Waals surface area contributed by atoms with E-state index < -0.39 is 0 Å². The predicted octanol–water partition coefficient (Wildman–Crippen LogP) is 34.7. The van der Waals surface area contributed by atoms with E-state index in [0.717, 1.165) is 148 Å². The number of aromatic nitrogens is 12. The van der Waals surface area contributed by atoms with E-state index in [-0.39, 0.29) is 0 Å². The van der Waals surface area contributed by atoms with Crippen LogP contribution in [0.15, 0.2) is 514 Å². The smallest absolute Gasteiger partial charge is 0.227 e. The van der Waals surface area contributed by atoms with Crippen molar-refractivity contribution in [2.45, 2.75) is 0 Å². The minimum absolute atomic E-state index is 0.616. The number of rotatable bonds is 13. The molecule has 30 rings (SSSR count). The molecule has 0 aliphatic heterocycles. The summed E-state index contributed by atoms with van der Waals surface area (Å²) in [7, 11) is 0. The van der Waals surface area contributed by atoms with Gasteiger partial charge in [0.2, 0.25) is 5.89 Å². The van der Waals surface area contributed by atoms with Gasteiger partial charge >= 0.3 is 0 Å². The molecule has 0 saturated heterocycles. The van der Waals surface area contributed by atoms with E-state index in [1.165, 1.54) is 81.3 Å². The van der Waals surface area contributed by atoms with Gasteiger partial charge in [-0.2, -0.15) is 0 Å². The fraction of sp³-hybridized carbons (Fsp3) is 0. The number of oxazole rings is 1. The van der Waals surface area contributed by atoms with Gasteiger partial charge in [0.1, 0.15) is 5.52 Å². The fourth-order valence-electron chi connectivity index (χ4n) is 21.5. The van der Waals surface area contributed by atoms with Gasteiger partial charge in [0.15, 0.2) is 58.0 Å². The van der Waals surface area contributed by atoms with E-state index in [1.807, 2.05) is 121 Å². The van der Waals surface area contributed by atoms with Crippen LogP contribution >= 0.6 is 0 Å². The standard InChI is InChI=1S/C49H30N4.C45H28N4.C42H26N4O/c1-3-13-33-27-37(23-21-31(33)11-1)47-50-48(38-24-22-32-12-2-4-14-34(32)28-38)52-49(51-47)42-25-26-45(40-18-8-7-17-39(40)42)53-44-20-10-9-19-41(44)43-29-35-15-5-6-16-36(35)30-46(43)53;1-2-13-30(14-3-1)43-46-44(34-23-22-29-12-4-5-15-31(29)26-34)48-45(47-43)38-24-25-41(36-19-9-8-18-35(36)38)49-40-21-11-10-20-37(40)39-27-32-16-6-7-17-33(32)28-42(39)49;1-4-12-29(13-5-1)39-44-40(30-14-6-2-7-15-30)46-41(45-39)34-19-11-10-18-33(34)32-23-21-27-20-22-28-24-25-36-38(37(28)35(27)26-32)47-42(43-36)31-16-8-3-9-17-31/h1-30H;1-28H;1-26H. The van der Waals surface area contributed by atoms with Crippen LogP contribution in [0.5, 0.6) is 0 Å². The third kappa shape index (κ3) is 15.8. The van der Waals surface area contributed by atoms with Gasteiger partial charge in [-0.25, -0.2) is 49.8 Å². The van der Waals surface area contributed by atoms with Crippen molar-refractivity contribution in [2.24, 2.45) is 0 Å². The minimum Gasteiger partial charge on any atom is -0.435 e. The van der Waals surface area contributed by atoms with E-state index in [0.29, 0.717) is 58.3 Å². The van der Waals surface area contributed by atoms with Crippen LogP contribution < -0.4 is 0 Å². The first-order valence-electron chi connectivity index (χ1n) is 50.0. The molecule has 0 N–H and O–H groups in total. The Morgan fingerprint density at radius 3 is 0.879 bits per heavy atom. The summed E-state index contributed by atoms with van der Waals surface area (Å²) in [6, 6.07) is 178. The number of hydrogen-bond donors (Lipinski definition) is 0. The maximum Gasteiger partial charge on any atom is 0.227 e. The molecule has 0 unspecified atom stereocenters. The summed E-state index contributed by atoms with van der Waals surface area (Å²) in [6.07, 6.45) is 0. The molecule has 0 aliphatic carbocycles. The average Bonchev–Trinajstić information content (AvgIpc) is 1.60. The Kier molecular flexibility index (Phi) is 21.3. The molecule has 6 aromatic heterocycles. The van der Waals surface area contributed by atoms with Crippen LogP contribution in [0.25, 0.3) is 288 Å². The first kappa shape index (κ1) is 86.6. The van der Waals surface area contributed by atoms with Gasteiger partial charge < -0.3 is 13.6 Å². The molecule has 694 valence electrons. The molecule has 0 spiro atoms. The molecule has 0 amide bonds. The zero-order valence-corrected chi connectivity index (χ0v) is 80.3. The molecule has 0 radical (unpaired) electrons. The predicted molar refractivity (Wildman–Crippen MR) is 613 cm³/mol. The van der Waals surface area contributed by atoms with Gasteiger partial charge in [0, 0.05) is 93.3 Å². The van der Waals surface area contributed by atoms with Crippen molar-refractivity contribution in [1.82, 2.24) is 59.0 Å². The number of hydrogen-bond acceptors (Lipinski definition) is 11. The molecule has 24 aromatic carbocycles. The Morgan fingerprint density at radius 1 is 0.148 bits per heavy atom.